The molecule has 1 aliphatic rings. The Labute approximate surface area is 107 Å². The van der Waals surface area contributed by atoms with E-state index in [4.69, 9.17) is 4.74 Å². The molecular formula is C11H12BrNO2S. The first-order valence-electron chi connectivity index (χ1n) is 4.98. The van der Waals surface area contributed by atoms with E-state index in [1.54, 1.807) is 18.9 Å². The predicted octanol–water partition coefficient (Wildman–Crippen LogP) is 2.44. The molecule has 1 aromatic carbocycles. The third-order valence-electron chi connectivity index (χ3n) is 2.39. The van der Waals surface area contributed by atoms with E-state index in [9.17, 15) is 4.79 Å². The van der Waals surface area contributed by atoms with Gasteiger partial charge in [-0.3, -0.25) is 4.79 Å². The SMILES string of the molecule is COc1ccc(Br)cc1S[C@@H]1CCNC1=O. The molecule has 0 aliphatic carbocycles. The summed E-state index contributed by atoms with van der Waals surface area (Å²) in [5.74, 6) is 0.930. The highest BCUT2D eigenvalue weighted by Gasteiger charge is 2.26. The lowest BCUT2D eigenvalue weighted by molar-refractivity contribution is -0.118. The lowest BCUT2D eigenvalue weighted by Crippen LogP contribution is -2.20. The molecule has 0 saturated carbocycles. The fourth-order valence-corrected chi connectivity index (χ4v) is 3.29. The summed E-state index contributed by atoms with van der Waals surface area (Å²) in [5.41, 5.74) is 0. The highest BCUT2D eigenvalue weighted by atomic mass is 79.9. The highest BCUT2D eigenvalue weighted by Crippen LogP contribution is 2.36. The van der Waals surface area contributed by atoms with Gasteiger partial charge in [-0.25, -0.2) is 0 Å². The lowest BCUT2D eigenvalue weighted by atomic mass is 10.3. The molecule has 5 heteroatoms. The zero-order valence-electron chi connectivity index (χ0n) is 8.83. The van der Waals surface area contributed by atoms with Gasteiger partial charge >= 0.3 is 0 Å². The van der Waals surface area contributed by atoms with Gasteiger partial charge in [-0.1, -0.05) is 15.9 Å². The smallest absolute Gasteiger partial charge is 0.233 e. The van der Waals surface area contributed by atoms with Crippen molar-refractivity contribution in [3.63, 3.8) is 0 Å². The van der Waals surface area contributed by atoms with Crippen molar-refractivity contribution in [2.24, 2.45) is 0 Å². The van der Waals surface area contributed by atoms with E-state index in [0.29, 0.717) is 0 Å². The second-order valence-electron chi connectivity index (χ2n) is 3.48. The van der Waals surface area contributed by atoms with Crippen LogP contribution in [0.3, 0.4) is 0 Å². The Kier molecular flexibility index (Phi) is 3.76. The maximum Gasteiger partial charge on any atom is 0.233 e. The van der Waals surface area contributed by atoms with E-state index in [1.165, 1.54) is 0 Å². The Morgan fingerprint density at radius 1 is 1.56 bits per heavy atom. The quantitative estimate of drug-likeness (QED) is 0.932. The summed E-state index contributed by atoms with van der Waals surface area (Å²) in [6, 6.07) is 5.81. The Bertz CT molecular complexity index is 411. The summed E-state index contributed by atoms with van der Waals surface area (Å²) in [6.45, 7) is 0.771. The van der Waals surface area contributed by atoms with E-state index in [2.05, 4.69) is 21.2 Å². The number of thioether (sulfide) groups is 1. The van der Waals surface area contributed by atoms with Crippen molar-refractivity contribution < 1.29 is 9.53 Å². The first kappa shape index (κ1) is 11.8. The molecule has 16 heavy (non-hydrogen) atoms. The molecule has 1 aliphatic heterocycles. The van der Waals surface area contributed by atoms with Crippen molar-refractivity contribution in [3.8, 4) is 5.75 Å². The number of hydrogen-bond donors (Lipinski definition) is 1. The first-order chi connectivity index (χ1) is 7.70. The van der Waals surface area contributed by atoms with Crippen LogP contribution in [0.25, 0.3) is 0 Å². The molecule has 0 spiro atoms. The van der Waals surface area contributed by atoms with Gasteiger partial charge in [0.15, 0.2) is 0 Å². The summed E-state index contributed by atoms with van der Waals surface area (Å²) in [4.78, 5) is 12.5. The van der Waals surface area contributed by atoms with E-state index in [1.807, 2.05) is 18.2 Å². The lowest BCUT2D eigenvalue weighted by Gasteiger charge is -2.11. The summed E-state index contributed by atoms with van der Waals surface area (Å²) < 4.78 is 6.27. The van der Waals surface area contributed by atoms with Crippen LogP contribution in [0.5, 0.6) is 5.75 Å². The van der Waals surface area contributed by atoms with Crippen LogP contribution in [0.1, 0.15) is 6.42 Å². The molecule has 1 saturated heterocycles. The van der Waals surface area contributed by atoms with Crippen LogP contribution >= 0.6 is 27.7 Å². The topological polar surface area (TPSA) is 38.3 Å². The Balaban J connectivity index is 2.19. The zero-order chi connectivity index (χ0) is 11.5. The Hall–Kier alpha value is -0.680. The summed E-state index contributed by atoms with van der Waals surface area (Å²) in [5, 5.41) is 2.83. The maximum atomic E-state index is 11.5. The van der Waals surface area contributed by atoms with Gasteiger partial charge in [-0.2, -0.15) is 0 Å². The molecule has 1 atom stereocenters. The van der Waals surface area contributed by atoms with Gasteiger partial charge < -0.3 is 10.1 Å². The number of nitrogens with one attached hydrogen (secondary N) is 1. The third-order valence-corrected chi connectivity index (χ3v) is 4.19. The van der Waals surface area contributed by atoms with E-state index in [-0.39, 0.29) is 11.2 Å². The van der Waals surface area contributed by atoms with E-state index in [0.717, 1.165) is 28.1 Å². The summed E-state index contributed by atoms with van der Waals surface area (Å²) in [7, 11) is 1.64. The maximum absolute atomic E-state index is 11.5. The number of carbonyl (C=O) groups is 1. The average molecular weight is 302 g/mol. The average Bonchev–Trinajstić information content (AvgIpc) is 2.65. The van der Waals surface area contributed by atoms with Crippen LogP contribution in [-0.2, 0) is 4.79 Å². The minimum atomic E-state index is 0.00296. The molecule has 1 amide bonds. The largest absolute Gasteiger partial charge is 0.496 e. The molecule has 0 radical (unpaired) electrons. The van der Waals surface area contributed by atoms with Crippen LogP contribution in [0.15, 0.2) is 27.6 Å². The number of amides is 1. The Morgan fingerprint density at radius 2 is 2.38 bits per heavy atom. The van der Waals surface area contributed by atoms with Crippen LogP contribution in [0.2, 0.25) is 0 Å². The van der Waals surface area contributed by atoms with Crippen molar-refractivity contribution in [2.75, 3.05) is 13.7 Å². The number of benzene rings is 1. The molecule has 86 valence electrons. The second kappa shape index (κ2) is 5.10. The number of rotatable bonds is 3. The second-order valence-corrected chi connectivity index (χ2v) is 5.64. The van der Waals surface area contributed by atoms with Gasteiger partial charge in [-0.05, 0) is 24.6 Å². The van der Waals surface area contributed by atoms with Gasteiger partial charge in [0, 0.05) is 11.0 Å². The number of hydrogen-bond acceptors (Lipinski definition) is 3. The van der Waals surface area contributed by atoms with Crippen molar-refractivity contribution in [3.05, 3.63) is 22.7 Å². The van der Waals surface area contributed by atoms with Crippen molar-refractivity contribution in [2.45, 2.75) is 16.6 Å². The van der Waals surface area contributed by atoms with E-state index >= 15 is 0 Å². The molecular weight excluding hydrogens is 290 g/mol. The zero-order valence-corrected chi connectivity index (χ0v) is 11.2. The molecule has 3 nitrogen and oxygen atoms in total. The van der Waals surface area contributed by atoms with Crippen molar-refractivity contribution in [1.82, 2.24) is 5.32 Å². The van der Waals surface area contributed by atoms with Gasteiger partial charge in [0.25, 0.3) is 0 Å². The third kappa shape index (κ3) is 2.52. The number of carbonyl (C=O) groups excluding carboxylic acids is 1. The van der Waals surface area contributed by atoms with Crippen molar-refractivity contribution in [1.29, 1.82) is 0 Å². The van der Waals surface area contributed by atoms with Gasteiger partial charge in [0.2, 0.25) is 5.91 Å². The molecule has 1 aromatic rings. The number of halogens is 1. The summed E-state index contributed by atoms with van der Waals surface area (Å²) in [6.07, 6.45) is 0.874. The highest BCUT2D eigenvalue weighted by molar-refractivity contribution is 9.10. The van der Waals surface area contributed by atoms with Gasteiger partial charge in [-0.15, -0.1) is 11.8 Å². The number of methoxy groups -OCH3 is 1. The van der Waals surface area contributed by atoms with Crippen LogP contribution in [0.4, 0.5) is 0 Å². The monoisotopic (exact) mass is 301 g/mol. The molecule has 1 heterocycles. The predicted molar refractivity (Wildman–Crippen MR) is 68.0 cm³/mol. The number of ether oxygens (including phenoxy) is 1. The van der Waals surface area contributed by atoms with E-state index < -0.39 is 0 Å². The minimum Gasteiger partial charge on any atom is -0.496 e. The van der Waals surface area contributed by atoms with Crippen LogP contribution in [0, 0.1) is 0 Å². The van der Waals surface area contributed by atoms with Gasteiger partial charge in [0.1, 0.15) is 5.75 Å². The van der Waals surface area contributed by atoms with Crippen molar-refractivity contribution >= 4 is 33.6 Å². The molecule has 1 fully saturated rings. The molecule has 2 rings (SSSR count). The molecule has 0 unspecified atom stereocenters. The molecule has 0 bridgehead atoms. The summed E-state index contributed by atoms with van der Waals surface area (Å²) >= 11 is 4.98. The molecule has 0 aromatic heterocycles. The Morgan fingerprint density at radius 3 is 3.00 bits per heavy atom. The standard InChI is InChI=1S/C11H12BrNO2S/c1-15-8-3-2-7(12)6-10(8)16-9-4-5-13-11(9)14/h2-3,6,9H,4-5H2,1H3,(H,13,14)/t9-/m1/s1. The minimum absolute atomic E-state index is 0.00296. The molecule has 1 N–H and O–H groups in total. The van der Waals surface area contributed by atoms with Crippen LogP contribution in [-0.4, -0.2) is 24.8 Å². The first-order valence-corrected chi connectivity index (χ1v) is 6.66. The normalized spacial score (nSPS) is 19.6. The fourth-order valence-electron chi connectivity index (χ4n) is 1.58. The van der Waals surface area contributed by atoms with Crippen LogP contribution < -0.4 is 10.1 Å². The van der Waals surface area contributed by atoms with Gasteiger partial charge in [0.05, 0.1) is 17.3 Å². The fraction of sp³-hybridized carbons (Fsp3) is 0.364.